The van der Waals surface area contributed by atoms with Crippen LogP contribution in [0.25, 0.3) is 0 Å². The molecule has 0 aliphatic heterocycles. The number of nitriles is 1. The van der Waals surface area contributed by atoms with E-state index < -0.39 is 10.0 Å². The second kappa shape index (κ2) is 9.86. The van der Waals surface area contributed by atoms with Gasteiger partial charge in [-0.25, -0.2) is 8.42 Å². The van der Waals surface area contributed by atoms with Gasteiger partial charge in [0, 0.05) is 12.8 Å². The van der Waals surface area contributed by atoms with Crippen molar-refractivity contribution in [3.63, 3.8) is 0 Å². The van der Waals surface area contributed by atoms with Crippen LogP contribution in [0.3, 0.4) is 0 Å². The molecule has 0 atom stereocenters. The molecule has 0 radical (unpaired) electrons. The van der Waals surface area contributed by atoms with Crippen LogP contribution in [-0.4, -0.2) is 26.4 Å². The molecule has 158 valence electrons. The van der Waals surface area contributed by atoms with Gasteiger partial charge < -0.3 is 10.4 Å². The topological polar surface area (TPSA) is 120 Å². The third kappa shape index (κ3) is 5.46. The van der Waals surface area contributed by atoms with Crippen LogP contribution in [0.2, 0.25) is 0 Å². The lowest BCUT2D eigenvalue weighted by Gasteiger charge is -2.23. The number of rotatable bonds is 8. The monoisotopic (exact) mass is 435 g/mol. The van der Waals surface area contributed by atoms with E-state index in [0.29, 0.717) is 16.9 Å². The van der Waals surface area contributed by atoms with Gasteiger partial charge >= 0.3 is 0 Å². The first kappa shape index (κ1) is 22.0. The van der Waals surface area contributed by atoms with Crippen LogP contribution in [0.1, 0.15) is 12.0 Å². The number of anilines is 2. The van der Waals surface area contributed by atoms with E-state index in [4.69, 9.17) is 10.5 Å². The van der Waals surface area contributed by atoms with Gasteiger partial charge in [-0.2, -0.15) is 5.26 Å². The summed E-state index contributed by atoms with van der Waals surface area (Å²) >= 11 is 0. The third-order valence-electron chi connectivity index (χ3n) is 4.35. The molecular formula is C22H19N4O4S-. The van der Waals surface area contributed by atoms with Gasteiger partial charge in [0.1, 0.15) is 0 Å². The van der Waals surface area contributed by atoms with Gasteiger partial charge in [0.15, 0.2) is 0 Å². The maximum absolute atomic E-state index is 13.1. The van der Waals surface area contributed by atoms with Gasteiger partial charge in [-0.3, -0.25) is 14.5 Å². The Morgan fingerprint density at radius 1 is 1.00 bits per heavy atom. The molecule has 9 heteroatoms. The molecule has 0 bridgehead atoms. The maximum Gasteiger partial charge on any atom is 0.264 e. The van der Waals surface area contributed by atoms with E-state index in [-0.39, 0.29) is 28.8 Å². The Bertz CT molecular complexity index is 1190. The smallest absolute Gasteiger partial charge is 0.264 e. The number of sulfonamides is 1. The van der Waals surface area contributed by atoms with Crippen molar-refractivity contribution in [2.75, 3.05) is 16.1 Å². The Hall–Kier alpha value is -3.71. The highest BCUT2D eigenvalue weighted by atomic mass is 32.2. The van der Waals surface area contributed by atoms with Gasteiger partial charge in [0.05, 0.1) is 34.4 Å². The van der Waals surface area contributed by atoms with Crippen molar-refractivity contribution in [1.82, 2.24) is 0 Å². The fourth-order valence-corrected chi connectivity index (χ4v) is 4.31. The van der Waals surface area contributed by atoms with Crippen LogP contribution < -0.4 is 9.53 Å². The molecular weight excluding hydrogens is 416 g/mol. The molecule has 3 aromatic rings. The van der Waals surface area contributed by atoms with Gasteiger partial charge in [0.2, 0.25) is 0 Å². The molecule has 0 aliphatic rings. The van der Waals surface area contributed by atoms with E-state index in [2.05, 4.69) is 4.99 Å². The molecule has 0 heterocycles. The van der Waals surface area contributed by atoms with Crippen molar-refractivity contribution in [1.29, 1.82) is 5.26 Å². The highest BCUT2D eigenvalue weighted by Gasteiger charge is 2.24. The summed E-state index contributed by atoms with van der Waals surface area (Å²) in [5.41, 5.74) is 1.66. The second-order valence-electron chi connectivity index (χ2n) is 6.44. The highest BCUT2D eigenvalue weighted by Crippen LogP contribution is 2.25. The van der Waals surface area contributed by atoms with E-state index in [0.717, 1.165) is 0 Å². The Kier molecular flexibility index (Phi) is 6.99. The lowest BCUT2D eigenvalue weighted by atomic mass is 10.2. The maximum atomic E-state index is 13.1. The Labute approximate surface area is 180 Å². The normalized spacial score (nSPS) is 11.3. The van der Waals surface area contributed by atoms with Crippen molar-refractivity contribution in [3.05, 3.63) is 89.6 Å². The molecule has 0 amide bonds. The van der Waals surface area contributed by atoms with E-state index in [1.807, 2.05) is 6.07 Å². The summed E-state index contributed by atoms with van der Waals surface area (Å²) in [7, 11) is -3.82. The van der Waals surface area contributed by atoms with E-state index in [1.165, 1.54) is 28.6 Å². The average Bonchev–Trinajstić information content (AvgIpc) is 2.79. The molecule has 0 spiro atoms. The lowest BCUT2D eigenvalue weighted by molar-refractivity contribution is 0.296. The summed E-state index contributed by atoms with van der Waals surface area (Å²) in [4.78, 5) is 4.41. The van der Waals surface area contributed by atoms with Crippen LogP contribution in [0, 0.1) is 16.5 Å². The number of benzene rings is 3. The first-order valence-corrected chi connectivity index (χ1v) is 10.7. The summed E-state index contributed by atoms with van der Waals surface area (Å²) < 4.78 is 27.3. The summed E-state index contributed by atoms with van der Waals surface area (Å²) in [6, 6.07) is 22.9. The first-order valence-electron chi connectivity index (χ1n) is 9.27. The fourth-order valence-electron chi connectivity index (χ4n) is 2.83. The minimum absolute atomic E-state index is 0.0286. The van der Waals surface area contributed by atoms with Crippen LogP contribution in [0.5, 0.6) is 0 Å². The minimum atomic E-state index is -3.82. The van der Waals surface area contributed by atoms with E-state index >= 15 is 0 Å². The summed E-state index contributed by atoms with van der Waals surface area (Å²) in [6.07, 6.45) is 1.61. The van der Waals surface area contributed by atoms with Gasteiger partial charge in [0.25, 0.3) is 10.0 Å². The molecule has 0 aliphatic carbocycles. The van der Waals surface area contributed by atoms with Crippen molar-refractivity contribution >= 4 is 33.3 Å². The summed E-state index contributed by atoms with van der Waals surface area (Å²) in [5.74, 6) is 0. The van der Waals surface area contributed by atoms with Crippen LogP contribution in [-0.2, 0) is 10.0 Å². The fraction of sp³-hybridized carbons (Fsp3) is 0.0909. The summed E-state index contributed by atoms with van der Waals surface area (Å²) in [5, 5.41) is 28.7. The zero-order chi connectivity index (χ0) is 22.3. The van der Waals surface area contributed by atoms with Crippen molar-refractivity contribution in [2.45, 2.75) is 11.3 Å². The van der Waals surface area contributed by atoms with Crippen molar-refractivity contribution < 1.29 is 13.6 Å². The Balaban J connectivity index is 1.85. The highest BCUT2D eigenvalue weighted by molar-refractivity contribution is 7.92. The molecule has 0 fully saturated rings. The Morgan fingerprint density at radius 2 is 1.71 bits per heavy atom. The molecule has 0 saturated heterocycles. The molecule has 1 N–H and O–H groups in total. The molecule has 0 saturated carbocycles. The quantitative estimate of drug-likeness (QED) is 0.417. The standard InChI is InChI=1S/C22H19N4O4S/c23-14-5-15-25(31(29,30)22-8-2-1-3-9-22)20-12-10-18(11-13-20)17-24-19-6-4-7-21(16-19)26(27)28/h1-4,6-13,16-17,27H,5,15H2/q-1. The van der Waals surface area contributed by atoms with Crippen molar-refractivity contribution in [2.24, 2.45) is 4.99 Å². The molecule has 3 rings (SSSR count). The van der Waals surface area contributed by atoms with E-state index in [1.54, 1.807) is 60.8 Å². The number of hydrogen-bond donors (Lipinski definition) is 1. The third-order valence-corrected chi connectivity index (χ3v) is 6.19. The zero-order valence-corrected chi connectivity index (χ0v) is 17.2. The predicted molar refractivity (Wildman–Crippen MR) is 119 cm³/mol. The molecule has 0 unspecified atom stereocenters. The largest absolute Gasteiger partial charge is 0.733 e. The summed E-state index contributed by atoms with van der Waals surface area (Å²) in [6.45, 7) is 0.0286. The molecule has 8 nitrogen and oxygen atoms in total. The minimum Gasteiger partial charge on any atom is -0.733 e. The molecule has 31 heavy (non-hydrogen) atoms. The van der Waals surface area contributed by atoms with Gasteiger partial charge in [-0.1, -0.05) is 36.4 Å². The van der Waals surface area contributed by atoms with Gasteiger partial charge in [-0.15, -0.1) is 0 Å². The van der Waals surface area contributed by atoms with E-state index in [9.17, 15) is 13.6 Å². The average molecular weight is 435 g/mol. The van der Waals surface area contributed by atoms with Crippen molar-refractivity contribution in [3.8, 4) is 6.07 Å². The van der Waals surface area contributed by atoms with Crippen LogP contribution in [0.15, 0.2) is 88.8 Å². The van der Waals surface area contributed by atoms with Crippen LogP contribution in [0.4, 0.5) is 17.1 Å². The Morgan fingerprint density at radius 3 is 2.35 bits per heavy atom. The SMILES string of the molecule is N#CCCN(c1ccc(C=Nc2cccc(N([O-])O)c2)cc1)S(=O)(=O)c1ccccc1. The van der Waals surface area contributed by atoms with Crippen LogP contribution >= 0.6 is 0 Å². The second-order valence-corrected chi connectivity index (χ2v) is 8.30. The lowest BCUT2D eigenvalue weighted by Crippen LogP contribution is -2.31. The number of nitrogens with zero attached hydrogens (tertiary/aromatic N) is 4. The number of aliphatic imine (C=N–C) groups is 1. The number of hydrogen-bond acceptors (Lipinski definition) is 7. The van der Waals surface area contributed by atoms with Gasteiger partial charge in [-0.05, 0) is 48.0 Å². The first-order chi connectivity index (χ1) is 14.9. The predicted octanol–water partition coefficient (Wildman–Crippen LogP) is 4.24. The molecule has 3 aromatic carbocycles. The molecule has 0 aromatic heterocycles. The zero-order valence-electron chi connectivity index (χ0n) is 16.4.